The van der Waals surface area contributed by atoms with Crippen molar-refractivity contribution in [3.05, 3.63) is 29.8 Å². The average Bonchev–Trinajstić information content (AvgIpc) is 2.85. The molecule has 3 heteroatoms. The van der Waals surface area contributed by atoms with Crippen molar-refractivity contribution in [2.45, 2.75) is 18.9 Å². The molecule has 1 fully saturated rings. The summed E-state index contributed by atoms with van der Waals surface area (Å²) < 4.78 is 5.16. The Morgan fingerprint density at radius 2 is 1.88 bits per heavy atom. The van der Waals surface area contributed by atoms with Crippen molar-refractivity contribution in [1.82, 2.24) is 4.90 Å². The van der Waals surface area contributed by atoms with Gasteiger partial charge < -0.3 is 10.5 Å². The Labute approximate surface area is 97.2 Å². The van der Waals surface area contributed by atoms with Crippen LogP contribution in [0.5, 0.6) is 5.75 Å². The Morgan fingerprint density at radius 1 is 1.25 bits per heavy atom. The summed E-state index contributed by atoms with van der Waals surface area (Å²) in [5.41, 5.74) is 7.18. The zero-order valence-corrected chi connectivity index (χ0v) is 9.86. The molecule has 0 radical (unpaired) electrons. The van der Waals surface area contributed by atoms with Gasteiger partial charge in [-0.25, -0.2) is 0 Å². The van der Waals surface area contributed by atoms with Gasteiger partial charge >= 0.3 is 0 Å². The SMILES string of the molecule is COc1ccc([C@H](CN)N2CCCC2)cc1. The highest BCUT2D eigenvalue weighted by atomic mass is 16.5. The third-order valence-electron chi connectivity index (χ3n) is 3.31. The third-order valence-corrected chi connectivity index (χ3v) is 3.31. The molecule has 2 rings (SSSR count). The fraction of sp³-hybridized carbons (Fsp3) is 0.538. The molecule has 1 aliphatic heterocycles. The van der Waals surface area contributed by atoms with E-state index in [9.17, 15) is 0 Å². The van der Waals surface area contributed by atoms with E-state index < -0.39 is 0 Å². The molecule has 0 aromatic heterocycles. The Balaban J connectivity index is 2.12. The number of benzene rings is 1. The number of ether oxygens (including phenoxy) is 1. The van der Waals surface area contributed by atoms with Crippen molar-refractivity contribution in [2.75, 3.05) is 26.7 Å². The minimum atomic E-state index is 0.369. The van der Waals surface area contributed by atoms with Gasteiger partial charge in [0.25, 0.3) is 0 Å². The zero-order chi connectivity index (χ0) is 11.4. The van der Waals surface area contributed by atoms with E-state index in [1.54, 1.807) is 7.11 Å². The highest BCUT2D eigenvalue weighted by Gasteiger charge is 2.21. The molecule has 1 aromatic carbocycles. The molecular formula is C13H20N2O. The Kier molecular flexibility index (Phi) is 3.80. The van der Waals surface area contributed by atoms with Crippen LogP contribution >= 0.6 is 0 Å². The van der Waals surface area contributed by atoms with E-state index in [4.69, 9.17) is 10.5 Å². The van der Waals surface area contributed by atoms with Crippen LogP contribution in [0, 0.1) is 0 Å². The largest absolute Gasteiger partial charge is 0.497 e. The lowest BCUT2D eigenvalue weighted by atomic mass is 10.1. The monoisotopic (exact) mass is 220 g/mol. The Morgan fingerprint density at radius 3 is 2.38 bits per heavy atom. The van der Waals surface area contributed by atoms with E-state index in [0.717, 1.165) is 5.75 Å². The molecule has 0 amide bonds. The summed E-state index contributed by atoms with van der Waals surface area (Å²) in [6, 6.07) is 8.62. The summed E-state index contributed by atoms with van der Waals surface area (Å²) in [5, 5.41) is 0. The van der Waals surface area contributed by atoms with Gasteiger partial charge in [0.15, 0.2) is 0 Å². The summed E-state index contributed by atoms with van der Waals surface area (Å²) in [5.74, 6) is 0.904. The standard InChI is InChI=1S/C13H20N2O/c1-16-12-6-4-11(5-7-12)13(10-14)15-8-2-3-9-15/h4-7,13H,2-3,8-10,14H2,1H3/t13-/m0/s1. The van der Waals surface area contributed by atoms with Crippen LogP contribution in [0.15, 0.2) is 24.3 Å². The summed E-state index contributed by atoms with van der Waals surface area (Å²) in [7, 11) is 1.69. The molecule has 0 saturated carbocycles. The first kappa shape index (κ1) is 11.4. The van der Waals surface area contributed by atoms with Crippen molar-refractivity contribution in [3.63, 3.8) is 0 Å². The summed E-state index contributed by atoms with van der Waals surface area (Å²) in [4.78, 5) is 2.47. The first-order valence-electron chi connectivity index (χ1n) is 5.93. The lowest BCUT2D eigenvalue weighted by Gasteiger charge is -2.26. The molecule has 16 heavy (non-hydrogen) atoms. The average molecular weight is 220 g/mol. The number of hydrogen-bond acceptors (Lipinski definition) is 3. The molecule has 0 aliphatic carbocycles. The van der Waals surface area contributed by atoms with Crippen LogP contribution in [0.25, 0.3) is 0 Å². The lowest BCUT2D eigenvalue weighted by molar-refractivity contribution is 0.251. The van der Waals surface area contributed by atoms with Crippen molar-refractivity contribution in [3.8, 4) is 5.75 Å². The minimum absolute atomic E-state index is 0.369. The molecule has 1 heterocycles. The molecule has 0 spiro atoms. The zero-order valence-electron chi connectivity index (χ0n) is 9.86. The smallest absolute Gasteiger partial charge is 0.118 e. The first-order valence-corrected chi connectivity index (χ1v) is 5.93. The van der Waals surface area contributed by atoms with Gasteiger partial charge in [-0.2, -0.15) is 0 Å². The maximum absolute atomic E-state index is 5.88. The fourth-order valence-corrected chi connectivity index (χ4v) is 2.38. The molecule has 1 atom stereocenters. The Bertz CT molecular complexity index is 317. The van der Waals surface area contributed by atoms with Crippen LogP contribution in [0.3, 0.4) is 0 Å². The number of rotatable bonds is 4. The van der Waals surface area contributed by atoms with Crippen LogP contribution < -0.4 is 10.5 Å². The van der Waals surface area contributed by atoms with Gasteiger partial charge in [0.2, 0.25) is 0 Å². The van der Waals surface area contributed by atoms with E-state index >= 15 is 0 Å². The lowest BCUT2D eigenvalue weighted by Crippen LogP contribution is -2.31. The minimum Gasteiger partial charge on any atom is -0.497 e. The number of likely N-dealkylation sites (tertiary alicyclic amines) is 1. The second kappa shape index (κ2) is 5.32. The highest BCUT2D eigenvalue weighted by molar-refractivity contribution is 5.29. The van der Waals surface area contributed by atoms with Crippen LogP contribution in [0.2, 0.25) is 0 Å². The van der Waals surface area contributed by atoms with Crippen LogP contribution in [-0.4, -0.2) is 31.6 Å². The summed E-state index contributed by atoms with van der Waals surface area (Å²) >= 11 is 0. The van der Waals surface area contributed by atoms with Crippen LogP contribution in [-0.2, 0) is 0 Å². The number of hydrogen-bond donors (Lipinski definition) is 1. The Hall–Kier alpha value is -1.06. The fourth-order valence-electron chi connectivity index (χ4n) is 2.38. The molecular weight excluding hydrogens is 200 g/mol. The first-order chi connectivity index (χ1) is 7.85. The van der Waals surface area contributed by atoms with Crippen molar-refractivity contribution in [1.29, 1.82) is 0 Å². The highest BCUT2D eigenvalue weighted by Crippen LogP contribution is 2.25. The van der Waals surface area contributed by atoms with E-state index in [0.29, 0.717) is 12.6 Å². The van der Waals surface area contributed by atoms with E-state index in [2.05, 4.69) is 17.0 Å². The molecule has 1 saturated heterocycles. The predicted octanol–water partition coefficient (Wildman–Crippen LogP) is 1.79. The summed E-state index contributed by atoms with van der Waals surface area (Å²) in [6.45, 7) is 3.04. The number of nitrogens with zero attached hydrogens (tertiary/aromatic N) is 1. The second-order valence-electron chi connectivity index (χ2n) is 4.27. The van der Waals surface area contributed by atoms with Gasteiger partial charge in [-0.05, 0) is 43.6 Å². The number of methoxy groups -OCH3 is 1. The van der Waals surface area contributed by atoms with E-state index in [-0.39, 0.29) is 0 Å². The van der Waals surface area contributed by atoms with Crippen molar-refractivity contribution in [2.24, 2.45) is 5.73 Å². The van der Waals surface area contributed by atoms with Gasteiger partial charge in [-0.15, -0.1) is 0 Å². The van der Waals surface area contributed by atoms with Crippen molar-refractivity contribution < 1.29 is 4.74 Å². The van der Waals surface area contributed by atoms with Gasteiger partial charge in [0.1, 0.15) is 5.75 Å². The third kappa shape index (κ3) is 2.36. The molecule has 88 valence electrons. The quantitative estimate of drug-likeness (QED) is 0.840. The van der Waals surface area contributed by atoms with E-state index in [1.165, 1.54) is 31.5 Å². The molecule has 2 N–H and O–H groups in total. The van der Waals surface area contributed by atoms with Crippen molar-refractivity contribution >= 4 is 0 Å². The molecule has 1 aromatic rings. The van der Waals surface area contributed by atoms with Gasteiger partial charge in [-0.3, -0.25) is 4.90 Å². The normalized spacial score (nSPS) is 18.6. The predicted molar refractivity (Wildman–Crippen MR) is 65.6 cm³/mol. The second-order valence-corrected chi connectivity index (χ2v) is 4.27. The topological polar surface area (TPSA) is 38.5 Å². The van der Waals surface area contributed by atoms with Gasteiger partial charge in [0, 0.05) is 12.6 Å². The van der Waals surface area contributed by atoms with Gasteiger partial charge in [0.05, 0.1) is 7.11 Å². The summed E-state index contributed by atoms with van der Waals surface area (Å²) in [6.07, 6.45) is 2.60. The molecule has 0 bridgehead atoms. The maximum atomic E-state index is 5.88. The molecule has 0 unspecified atom stereocenters. The van der Waals surface area contributed by atoms with Gasteiger partial charge in [-0.1, -0.05) is 12.1 Å². The van der Waals surface area contributed by atoms with Crippen LogP contribution in [0.4, 0.5) is 0 Å². The van der Waals surface area contributed by atoms with Crippen LogP contribution in [0.1, 0.15) is 24.4 Å². The number of nitrogens with two attached hydrogens (primary N) is 1. The molecule has 3 nitrogen and oxygen atoms in total. The maximum Gasteiger partial charge on any atom is 0.118 e. The van der Waals surface area contributed by atoms with E-state index in [1.807, 2.05) is 12.1 Å². The molecule has 1 aliphatic rings.